The van der Waals surface area contributed by atoms with E-state index >= 15 is 0 Å². The number of nitrogens with one attached hydrogen (secondary N) is 1. The summed E-state index contributed by atoms with van der Waals surface area (Å²) >= 11 is 0. The van der Waals surface area contributed by atoms with Crippen LogP contribution in [0.5, 0.6) is 5.75 Å². The van der Waals surface area contributed by atoms with E-state index in [0.29, 0.717) is 36.0 Å². The Bertz CT molecular complexity index is 1180. The van der Waals surface area contributed by atoms with E-state index in [-0.39, 0.29) is 23.8 Å². The fraction of sp³-hybridized carbons (Fsp3) is 0.320. The van der Waals surface area contributed by atoms with Gasteiger partial charge in [0.05, 0.1) is 13.5 Å². The van der Waals surface area contributed by atoms with E-state index < -0.39 is 0 Å². The molecule has 7 heteroatoms. The van der Waals surface area contributed by atoms with Crippen molar-refractivity contribution in [1.82, 2.24) is 9.47 Å². The van der Waals surface area contributed by atoms with Crippen molar-refractivity contribution in [1.29, 1.82) is 0 Å². The van der Waals surface area contributed by atoms with E-state index in [9.17, 15) is 14.4 Å². The van der Waals surface area contributed by atoms with Crippen molar-refractivity contribution in [3.63, 3.8) is 0 Å². The standard InChI is InChI=1S/C25H27N3O4/c1-32-19-10-8-18(9-11-19)17-23(29)26-22-6-2-5-21-20(22)12-16-28(25(21)31)15-4-14-27-13-3-7-24(27)30/h2,5-6,8-12,16H,3-4,7,13-15,17H2,1H3,(H,26,29). The number of fused-ring (bicyclic) bond motifs is 1. The number of aryl methyl sites for hydroxylation is 1. The number of carbonyl (C=O) groups excluding carboxylic acids is 2. The first kappa shape index (κ1) is 21.6. The van der Waals surface area contributed by atoms with Gasteiger partial charge in [0, 0.05) is 48.7 Å². The summed E-state index contributed by atoms with van der Waals surface area (Å²) in [6.07, 6.45) is 4.27. The number of carbonyl (C=O) groups is 2. The minimum absolute atomic E-state index is 0.0958. The molecule has 0 radical (unpaired) electrons. The quantitative estimate of drug-likeness (QED) is 0.592. The van der Waals surface area contributed by atoms with Gasteiger partial charge < -0.3 is 19.5 Å². The molecule has 7 nitrogen and oxygen atoms in total. The van der Waals surface area contributed by atoms with Gasteiger partial charge in [-0.2, -0.15) is 0 Å². The lowest BCUT2D eigenvalue weighted by molar-refractivity contribution is -0.127. The number of hydrogen-bond donors (Lipinski definition) is 1. The fourth-order valence-corrected chi connectivity index (χ4v) is 4.10. The number of benzene rings is 2. The number of likely N-dealkylation sites (tertiary alicyclic amines) is 1. The Labute approximate surface area is 186 Å². The number of aromatic nitrogens is 1. The first-order chi connectivity index (χ1) is 15.5. The summed E-state index contributed by atoms with van der Waals surface area (Å²) in [5.74, 6) is 0.791. The van der Waals surface area contributed by atoms with Crippen LogP contribution in [0.1, 0.15) is 24.8 Å². The van der Waals surface area contributed by atoms with Gasteiger partial charge in [-0.05, 0) is 48.7 Å². The third-order valence-corrected chi connectivity index (χ3v) is 5.81. The Balaban J connectivity index is 1.44. The van der Waals surface area contributed by atoms with Gasteiger partial charge in [0.1, 0.15) is 5.75 Å². The number of amides is 2. The molecule has 0 unspecified atom stereocenters. The second-order valence-electron chi connectivity index (χ2n) is 7.99. The van der Waals surface area contributed by atoms with E-state index in [0.717, 1.165) is 30.7 Å². The Hall–Kier alpha value is -3.61. The number of nitrogens with zero attached hydrogens (tertiary/aromatic N) is 2. The number of pyridine rings is 1. The van der Waals surface area contributed by atoms with Gasteiger partial charge in [-0.3, -0.25) is 14.4 Å². The zero-order valence-corrected chi connectivity index (χ0v) is 18.2. The van der Waals surface area contributed by atoms with Gasteiger partial charge in [-0.25, -0.2) is 0 Å². The summed E-state index contributed by atoms with van der Waals surface area (Å²) in [4.78, 5) is 39.1. The van der Waals surface area contributed by atoms with Gasteiger partial charge in [0.2, 0.25) is 11.8 Å². The molecule has 3 aromatic rings. The third-order valence-electron chi connectivity index (χ3n) is 5.81. The highest BCUT2D eigenvalue weighted by Gasteiger charge is 2.19. The zero-order chi connectivity index (χ0) is 22.5. The van der Waals surface area contributed by atoms with Crippen LogP contribution < -0.4 is 15.6 Å². The molecule has 1 fully saturated rings. The summed E-state index contributed by atoms with van der Waals surface area (Å²) in [5.41, 5.74) is 1.40. The molecule has 32 heavy (non-hydrogen) atoms. The molecule has 2 amide bonds. The largest absolute Gasteiger partial charge is 0.497 e. The minimum Gasteiger partial charge on any atom is -0.497 e. The van der Waals surface area contributed by atoms with E-state index in [1.807, 2.05) is 35.2 Å². The van der Waals surface area contributed by atoms with Gasteiger partial charge in [-0.15, -0.1) is 0 Å². The number of hydrogen-bond acceptors (Lipinski definition) is 4. The van der Waals surface area contributed by atoms with Crippen molar-refractivity contribution < 1.29 is 14.3 Å². The lowest BCUT2D eigenvalue weighted by Crippen LogP contribution is -2.28. The van der Waals surface area contributed by atoms with Crippen LogP contribution in [-0.2, 0) is 22.6 Å². The molecule has 1 N–H and O–H groups in total. The predicted molar refractivity (Wildman–Crippen MR) is 124 cm³/mol. The molecule has 0 aliphatic carbocycles. The monoisotopic (exact) mass is 433 g/mol. The first-order valence-corrected chi connectivity index (χ1v) is 10.9. The van der Waals surface area contributed by atoms with Crippen molar-refractivity contribution in [2.75, 3.05) is 25.5 Å². The second-order valence-corrected chi connectivity index (χ2v) is 7.99. The van der Waals surface area contributed by atoms with Gasteiger partial charge in [-0.1, -0.05) is 18.2 Å². The molecular weight excluding hydrogens is 406 g/mol. The van der Waals surface area contributed by atoms with Crippen molar-refractivity contribution >= 4 is 28.3 Å². The van der Waals surface area contributed by atoms with E-state index in [1.54, 1.807) is 36.1 Å². The Morgan fingerprint density at radius 3 is 2.56 bits per heavy atom. The van der Waals surface area contributed by atoms with E-state index in [2.05, 4.69) is 5.32 Å². The molecule has 4 rings (SSSR count). The van der Waals surface area contributed by atoms with Crippen molar-refractivity contribution in [3.8, 4) is 5.75 Å². The minimum atomic E-state index is -0.151. The average molecular weight is 434 g/mol. The molecule has 0 saturated carbocycles. The summed E-state index contributed by atoms with van der Waals surface area (Å²) in [5, 5.41) is 4.21. The topological polar surface area (TPSA) is 80.6 Å². The Kier molecular flexibility index (Phi) is 6.54. The van der Waals surface area contributed by atoms with Crippen LogP contribution in [0.2, 0.25) is 0 Å². The molecule has 0 spiro atoms. The summed E-state index contributed by atoms with van der Waals surface area (Å²) in [7, 11) is 1.60. The average Bonchev–Trinajstić information content (AvgIpc) is 3.21. The zero-order valence-electron chi connectivity index (χ0n) is 18.2. The van der Waals surface area contributed by atoms with Crippen LogP contribution in [0.4, 0.5) is 5.69 Å². The highest BCUT2D eigenvalue weighted by atomic mass is 16.5. The van der Waals surface area contributed by atoms with Gasteiger partial charge in [0.25, 0.3) is 5.56 Å². The predicted octanol–water partition coefficient (Wildman–Crippen LogP) is 3.20. The molecule has 2 aromatic carbocycles. The van der Waals surface area contributed by atoms with Crippen LogP contribution in [0.3, 0.4) is 0 Å². The third kappa shape index (κ3) is 4.82. The molecule has 166 valence electrons. The van der Waals surface area contributed by atoms with E-state index in [4.69, 9.17) is 4.74 Å². The molecule has 1 aliphatic rings. The van der Waals surface area contributed by atoms with Crippen LogP contribution in [0, 0.1) is 0 Å². The number of ether oxygens (including phenoxy) is 1. The Morgan fingerprint density at radius 1 is 1.03 bits per heavy atom. The van der Waals surface area contributed by atoms with Gasteiger partial charge >= 0.3 is 0 Å². The van der Waals surface area contributed by atoms with Gasteiger partial charge in [0.15, 0.2) is 0 Å². The number of anilines is 1. The first-order valence-electron chi connectivity index (χ1n) is 10.9. The van der Waals surface area contributed by atoms with Crippen LogP contribution in [0.25, 0.3) is 10.8 Å². The SMILES string of the molecule is COc1ccc(CC(=O)Nc2cccc3c(=O)n(CCCN4CCCC4=O)ccc23)cc1. The highest BCUT2D eigenvalue weighted by Crippen LogP contribution is 2.21. The lowest BCUT2D eigenvalue weighted by atomic mass is 10.1. The summed E-state index contributed by atoms with van der Waals surface area (Å²) in [6, 6.07) is 14.6. The maximum atomic E-state index is 13.0. The van der Waals surface area contributed by atoms with Crippen molar-refractivity contribution in [2.24, 2.45) is 0 Å². The van der Waals surface area contributed by atoms with Crippen LogP contribution >= 0.6 is 0 Å². The fourth-order valence-electron chi connectivity index (χ4n) is 4.10. The lowest BCUT2D eigenvalue weighted by Gasteiger charge is -2.16. The molecular formula is C25H27N3O4. The maximum Gasteiger partial charge on any atom is 0.258 e. The van der Waals surface area contributed by atoms with E-state index in [1.165, 1.54) is 0 Å². The number of rotatable bonds is 8. The van der Waals surface area contributed by atoms with Crippen molar-refractivity contribution in [3.05, 3.63) is 70.6 Å². The van der Waals surface area contributed by atoms with Crippen molar-refractivity contribution in [2.45, 2.75) is 32.2 Å². The molecule has 1 aliphatic heterocycles. The summed E-state index contributed by atoms with van der Waals surface area (Å²) < 4.78 is 6.82. The smallest absolute Gasteiger partial charge is 0.258 e. The maximum absolute atomic E-state index is 13.0. The molecule has 0 bridgehead atoms. The molecule has 2 heterocycles. The number of methoxy groups -OCH3 is 1. The van der Waals surface area contributed by atoms with Crippen LogP contribution in [0.15, 0.2) is 59.5 Å². The molecule has 1 saturated heterocycles. The second kappa shape index (κ2) is 9.68. The molecule has 1 aromatic heterocycles. The Morgan fingerprint density at radius 2 is 1.84 bits per heavy atom. The van der Waals surface area contributed by atoms with Crippen LogP contribution in [-0.4, -0.2) is 41.5 Å². The summed E-state index contributed by atoms with van der Waals surface area (Å²) in [6.45, 7) is 2.03. The normalized spacial score (nSPS) is 13.5. The molecule has 0 atom stereocenters. The highest BCUT2D eigenvalue weighted by molar-refractivity contribution is 6.02.